The van der Waals surface area contributed by atoms with Gasteiger partial charge in [0.25, 0.3) is 0 Å². The number of rotatable bonds is 5. The molecular weight excluding hydrogens is 244 g/mol. The number of nitrogens with one attached hydrogen (secondary N) is 1. The molecule has 1 unspecified atom stereocenters. The molecule has 5 nitrogen and oxygen atoms in total. The minimum absolute atomic E-state index is 0.314. The van der Waals surface area contributed by atoms with E-state index in [1.165, 1.54) is 7.11 Å². The van der Waals surface area contributed by atoms with E-state index in [2.05, 4.69) is 10.2 Å². The number of benzene rings is 1. The summed E-state index contributed by atoms with van der Waals surface area (Å²) in [6, 6.07) is 9.78. The second-order valence-electron chi connectivity index (χ2n) is 4.16. The number of aromatic amines is 1. The molecule has 100 valence electrons. The van der Waals surface area contributed by atoms with Gasteiger partial charge in [-0.3, -0.25) is 9.89 Å². The van der Waals surface area contributed by atoms with Crippen molar-refractivity contribution in [1.29, 1.82) is 0 Å². The van der Waals surface area contributed by atoms with Crippen LogP contribution in [-0.4, -0.2) is 23.3 Å². The topological polar surface area (TPSA) is 64.2 Å². The summed E-state index contributed by atoms with van der Waals surface area (Å²) in [5.41, 5.74) is 1.74. The Morgan fingerprint density at radius 2 is 2.11 bits per heavy atom. The average molecular weight is 260 g/mol. The predicted octanol–water partition coefficient (Wildman–Crippen LogP) is 2.27. The third-order valence-electron chi connectivity index (χ3n) is 2.87. The summed E-state index contributed by atoms with van der Waals surface area (Å²) >= 11 is 0. The molecule has 5 heteroatoms. The Morgan fingerprint density at radius 3 is 2.79 bits per heavy atom. The molecule has 1 atom stereocenters. The molecule has 0 spiro atoms. The fraction of sp³-hybridized carbons (Fsp3) is 0.286. The molecule has 0 aliphatic heterocycles. The van der Waals surface area contributed by atoms with Crippen molar-refractivity contribution >= 4 is 5.97 Å². The molecule has 1 N–H and O–H groups in total. The summed E-state index contributed by atoms with van der Waals surface area (Å²) in [5.74, 6) is -0.290. The summed E-state index contributed by atoms with van der Waals surface area (Å²) in [6.07, 6.45) is 1.65. The number of aromatic nitrogens is 2. The monoisotopic (exact) mass is 260 g/mol. The van der Waals surface area contributed by atoms with E-state index in [0.717, 1.165) is 5.56 Å². The van der Waals surface area contributed by atoms with E-state index in [9.17, 15) is 4.79 Å². The third kappa shape index (κ3) is 3.13. The van der Waals surface area contributed by atoms with Crippen molar-refractivity contribution in [3.63, 3.8) is 0 Å². The van der Waals surface area contributed by atoms with Crippen LogP contribution in [0.4, 0.5) is 0 Å². The maximum absolute atomic E-state index is 11.5. The van der Waals surface area contributed by atoms with E-state index in [1.807, 2.05) is 30.3 Å². The van der Waals surface area contributed by atoms with Crippen molar-refractivity contribution in [1.82, 2.24) is 10.2 Å². The Bertz CT molecular complexity index is 537. The van der Waals surface area contributed by atoms with Gasteiger partial charge in [0.2, 0.25) is 5.88 Å². The zero-order valence-electron chi connectivity index (χ0n) is 10.9. The molecule has 0 saturated heterocycles. The molecule has 0 aliphatic rings. The van der Waals surface area contributed by atoms with Crippen LogP contribution in [0.15, 0.2) is 36.5 Å². The lowest BCUT2D eigenvalue weighted by atomic mass is 10.1. The van der Waals surface area contributed by atoms with Crippen molar-refractivity contribution in [2.24, 2.45) is 0 Å². The number of carbonyl (C=O) groups is 1. The van der Waals surface area contributed by atoms with Crippen molar-refractivity contribution in [2.75, 3.05) is 7.11 Å². The third-order valence-corrected chi connectivity index (χ3v) is 2.87. The predicted molar refractivity (Wildman–Crippen MR) is 69.8 cm³/mol. The van der Waals surface area contributed by atoms with Gasteiger partial charge in [-0.2, -0.15) is 0 Å². The number of methoxy groups -OCH3 is 1. The van der Waals surface area contributed by atoms with Crippen LogP contribution >= 0.6 is 0 Å². The maximum atomic E-state index is 11.5. The van der Waals surface area contributed by atoms with Gasteiger partial charge >= 0.3 is 5.97 Å². The smallest absolute Gasteiger partial charge is 0.313 e. The minimum Gasteiger partial charge on any atom is -0.472 e. The molecule has 19 heavy (non-hydrogen) atoms. The first-order valence-corrected chi connectivity index (χ1v) is 6.00. The minimum atomic E-state index is -0.408. The number of esters is 1. The zero-order chi connectivity index (χ0) is 13.7. The van der Waals surface area contributed by atoms with Crippen molar-refractivity contribution in [3.05, 3.63) is 47.7 Å². The fourth-order valence-corrected chi connectivity index (χ4v) is 1.74. The van der Waals surface area contributed by atoms with Crippen LogP contribution in [0.2, 0.25) is 0 Å². The lowest BCUT2D eigenvalue weighted by molar-refractivity contribution is -0.142. The van der Waals surface area contributed by atoms with Gasteiger partial charge in [-0.25, -0.2) is 0 Å². The highest BCUT2D eigenvalue weighted by atomic mass is 16.5. The largest absolute Gasteiger partial charge is 0.472 e. The van der Waals surface area contributed by atoms with Gasteiger partial charge in [0.15, 0.2) is 0 Å². The van der Waals surface area contributed by atoms with Crippen molar-refractivity contribution < 1.29 is 14.3 Å². The molecule has 2 aromatic rings. The summed E-state index contributed by atoms with van der Waals surface area (Å²) in [4.78, 5) is 11.5. The van der Waals surface area contributed by atoms with Gasteiger partial charge < -0.3 is 9.47 Å². The van der Waals surface area contributed by atoms with Gasteiger partial charge in [0.05, 0.1) is 13.0 Å². The summed E-state index contributed by atoms with van der Waals surface area (Å²) in [7, 11) is 1.36. The normalized spacial score (nSPS) is 11.9. The number of hydrogen-bond donors (Lipinski definition) is 1. The second-order valence-corrected chi connectivity index (χ2v) is 4.16. The van der Waals surface area contributed by atoms with Crippen LogP contribution < -0.4 is 4.74 Å². The molecule has 1 heterocycles. The first-order valence-electron chi connectivity index (χ1n) is 6.00. The number of hydrogen-bond acceptors (Lipinski definition) is 4. The van der Waals surface area contributed by atoms with E-state index >= 15 is 0 Å². The highest BCUT2D eigenvalue weighted by Gasteiger charge is 2.21. The maximum Gasteiger partial charge on any atom is 0.313 e. The Balaban J connectivity index is 2.06. The molecule has 1 aromatic carbocycles. The van der Waals surface area contributed by atoms with E-state index in [4.69, 9.17) is 9.47 Å². The molecule has 0 amide bonds. The van der Waals surface area contributed by atoms with Crippen LogP contribution in [0.1, 0.15) is 24.0 Å². The molecular formula is C14H16N2O3. The van der Waals surface area contributed by atoms with Gasteiger partial charge in [0, 0.05) is 11.8 Å². The molecule has 1 aromatic heterocycles. The zero-order valence-corrected chi connectivity index (χ0v) is 10.9. The lowest BCUT2D eigenvalue weighted by Gasteiger charge is -2.10. The van der Waals surface area contributed by atoms with Crippen LogP contribution in [0, 0.1) is 0 Å². The Morgan fingerprint density at radius 1 is 1.37 bits per heavy atom. The van der Waals surface area contributed by atoms with Gasteiger partial charge in [-0.1, -0.05) is 30.3 Å². The van der Waals surface area contributed by atoms with Crippen molar-refractivity contribution in [3.8, 4) is 5.88 Å². The van der Waals surface area contributed by atoms with Gasteiger partial charge in [-0.15, -0.1) is 5.10 Å². The van der Waals surface area contributed by atoms with Crippen LogP contribution in [-0.2, 0) is 16.1 Å². The first-order chi connectivity index (χ1) is 9.22. The number of nitrogens with zero attached hydrogens (tertiary/aromatic N) is 1. The molecule has 0 radical (unpaired) electrons. The molecule has 2 rings (SSSR count). The molecule has 0 fully saturated rings. The van der Waals surface area contributed by atoms with Crippen molar-refractivity contribution in [2.45, 2.75) is 19.4 Å². The Labute approximate surface area is 111 Å². The highest BCUT2D eigenvalue weighted by molar-refractivity contribution is 5.78. The van der Waals surface area contributed by atoms with Crippen LogP contribution in [0.3, 0.4) is 0 Å². The van der Waals surface area contributed by atoms with E-state index in [0.29, 0.717) is 18.1 Å². The molecule has 0 saturated carbocycles. The standard InChI is InChI=1S/C14H16N2O3/c1-10(14(17)18-2)12-8-15-16-13(12)19-9-11-6-4-3-5-7-11/h3-8,10H,9H2,1-2H3,(H,15,16). The summed E-state index contributed by atoms with van der Waals surface area (Å²) < 4.78 is 10.3. The van der Waals surface area contributed by atoms with E-state index in [1.54, 1.807) is 13.1 Å². The Hall–Kier alpha value is -2.30. The second kappa shape index (κ2) is 6.04. The quantitative estimate of drug-likeness (QED) is 0.837. The average Bonchev–Trinajstić information content (AvgIpc) is 2.93. The number of carbonyl (C=O) groups excluding carboxylic acids is 1. The highest BCUT2D eigenvalue weighted by Crippen LogP contribution is 2.25. The molecule has 0 bridgehead atoms. The van der Waals surface area contributed by atoms with E-state index in [-0.39, 0.29) is 5.97 Å². The van der Waals surface area contributed by atoms with Crippen LogP contribution in [0.25, 0.3) is 0 Å². The first kappa shape index (κ1) is 13.1. The SMILES string of the molecule is COC(=O)C(C)c1c[nH]nc1OCc1ccccc1. The summed E-state index contributed by atoms with van der Waals surface area (Å²) in [5, 5.41) is 6.73. The lowest BCUT2D eigenvalue weighted by Crippen LogP contribution is -2.11. The van der Waals surface area contributed by atoms with Gasteiger partial charge in [-0.05, 0) is 12.5 Å². The molecule has 0 aliphatic carbocycles. The van der Waals surface area contributed by atoms with Gasteiger partial charge in [0.1, 0.15) is 6.61 Å². The van der Waals surface area contributed by atoms with Crippen LogP contribution in [0.5, 0.6) is 5.88 Å². The number of H-pyrrole nitrogens is 1. The number of ether oxygens (including phenoxy) is 2. The fourth-order valence-electron chi connectivity index (χ4n) is 1.74. The Kier molecular flexibility index (Phi) is 4.18. The summed E-state index contributed by atoms with van der Waals surface area (Å²) in [6.45, 7) is 2.17. The van der Waals surface area contributed by atoms with E-state index < -0.39 is 5.92 Å².